The molecule has 1 aromatic rings. The highest BCUT2D eigenvalue weighted by atomic mass is 19.1. The van der Waals surface area contributed by atoms with E-state index in [1.54, 1.807) is 19.1 Å². The molecule has 1 fully saturated rings. The van der Waals surface area contributed by atoms with Crippen LogP contribution in [0, 0.1) is 17.7 Å². The van der Waals surface area contributed by atoms with Crippen LogP contribution < -0.4 is 5.32 Å². The zero-order valence-corrected chi connectivity index (χ0v) is 19.3. The molecule has 1 aliphatic heterocycles. The van der Waals surface area contributed by atoms with E-state index in [-0.39, 0.29) is 17.6 Å². The Balaban J connectivity index is 1.78. The lowest BCUT2D eigenvalue weighted by atomic mass is 9.69. The van der Waals surface area contributed by atoms with Crippen molar-refractivity contribution in [2.75, 3.05) is 7.11 Å². The Morgan fingerprint density at radius 3 is 2.55 bits per heavy atom. The molecule has 176 valence electrons. The molecule has 1 saturated carbocycles. The zero-order valence-electron chi connectivity index (χ0n) is 19.3. The monoisotopic (exact) mass is 455 g/mol. The Morgan fingerprint density at radius 1 is 1.15 bits per heavy atom. The number of nitrogens with one attached hydrogen (secondary N) is 1. The number of carbonyl (C=O) groups excluding carboxylic acids is 3. The summed E-state index contributed by atoms with van der Waals surface area (Å²) in [5.74, 6) is -4.03. The van der Waals surface area contributed by atoms with Crippen molar-refractivity contribution in [2.24, 2.45) is 11.8 Å². The number of dihydropyridines is 1. The lowest BCUT2D eigenvalue weighted by Crippen LogP contribution is -2.43. The molecule has 4 rings (SSSR count). The van der Waals surface area contributed by atoms with Gasteiger partial charge in [0.2, 0.25) is 0 Å². The molecule has 0 amide bonds. The first-order valence-electron chi connectivity index (χ1n) is 11.6. The zero-order chi connectivity index (χ0) is 23.7. The molecule has 2 aliphatic carbocycles. The molecule has 1 aromatic carbocycles. The van der Waals surface area contributed by atoms with Gasteiger partial charge in [-0.2, -0.15) is 0 Å². The van der Waals surface area contributed by atoms with E-state index in [1.807, 2.05) is 6.92 Å². The number of esters is 2. The van der Waals surface area contributed by atoms with Crippen molar-refractivity contribution in [3.05, 3.63) is 58.2 Å². The third-order valence-electron chi connectivity index (χ3n) is 6.97. The number of hydrogen-bond acceptors (Lipinski definition) is 6. The van der Waals surface area contributed by atoms with E-state index in [9.17, 15) is 18.8 Å². The largest absolute Gasteiger partial charge is 0.468 e. The van der Waals surface area contributed by atoms with Gasteiger partial charge in [-0.05, 0) is 62.6 Å². The van der Waals surface area contributed by atoms with Crippen LogP contribution in [0.5, 0.6) is 0 Å². The molecule has 1 heterocycles. The summed E-state index contributed by atoms with van der Waals surface area (Å²) < 4.78 is 25.0. The normalized spacial score (nSPS) is 25.9. The fourth-order valence-electron chi connectivity index (χ4n) is 5.37. The molecule has 3 atom stereocenters. The predicted octanol–water partition coefficient (Wildman–Crippen LogP) is 4.31. The van der Waals surface area contributed by atoms with Gasteiger partial charge < -0.3 is 14.8 Å². The average molecular weight is 456 g/mol. The van der Waals surface area contributed by atoms with Crippen LogP contribution in [0.15, 0.2) is 46.8 Å². The lowest BCUT2D eigenvalue weighted by molar-refractivity contribution is -0.151. The van der Waals surface area contributed by atoms with Crippen molar-refractivity contribution in [3.8, 4) is 0 Å². The van der Waals surface area contributed by atoms with Gasteiger partial charge in [-0.25, -0.2) is 9.18 Å². The SMILES string of the molecule is COC(=O)[C@@H]1C(=O)C2=C(C[C@H]1C)NC(C)=C(C(=O)OC1CCCCC1)[C@@H]2c1cccc(F)c1. The molecular weight excluding hydrogens is 425 g/mol. The van der Waals surface area contributed by atoms with Gasteiger partial charge in [-0.1, -0.05) is 25.5 Å². The second kappa shape index (κ2) is 9.49. The van der Waals surface area contributed by atoms with Crippen LogP contribution in [0.25, 0.3) is 0 Å². The van der Waals surface area contributed by atoms with E-state index >= 15 is 0 Å². The predicted molar refractivity (Wildman–Crippen MR) is 119 cm³/mol. The maximum atomic E-state index is 14.2. The van der Waals surface area contributed by atoms with Gasteiger partial charge in [-0.15, -0.1) is 0 Å². The average Bonchev–Trinajstić information content (AvgIpc) is 2.78. The Morgan fingerprint density at radius 2 is 1.88 bits per heavy atom. The number of ether oxygens (including phenoxy) is 2. The molecule has 0 unspecified atom stereocenters. The molecule has 0 bridgehead atoms. The van der Waals surface area contributed by atoms with Gasteiger partial charge in [0.25, 0.3) is 0 Å². The number of methoxy groups -OCH3 is 1. The first kappa shape index (κ1) is 23.2. The summed E-state index contributed by atoms with van der Waals surface area (Å²) in [4.78, 5) is 39.5. The van der Waals surface area contributed by atoms with E-state index in [4.69, 9.17) is 9.47 Å². The number of ketones is 1. The first-order chi connectivity index (χ1) is 15.8. The third kappa shape index (κ3) is 4.45. The molecule has 1 N–H and O–H groups in total. The second-order valence-corrected chi connectivity index (χ2v) is 9.26. The Bertz CT molecular complexity index is 1040. The minimum absolute atomic E-state index is 0.167. The van der Waals surface area contributed by atoms with Crippen LogP contribution in [-0.4, -0.2) is 30.9 Å². The number of hydrogen-bond donors (Lipinski definition) is 1. The molecular formula is C26H30FNO5. The van der Waals surface area contributed by atoms with Crippen molar-refractivity contribution in [1.29, 1.82) is 0 Å². The summed E-state index contributed by atoms with van der Waals surface area (Å²) in [6.07, 6.45) is 5.04. The van der Waals surface area contributed by atoms with Crippen LogP contribution in [0.1, 0.15) is 63.9 Å². The summed E-state index contributed by atoms with van der Waals surface area (Å²) in [5.41, 5.74) is 2.33. The minimum atomic E-state index is -0.972. The molecule has 7 heteroatoms. The standard InChI is InChI=1S/C26H30FNO5/c1-14-12-19-23(24(29)20(14)25(30)32-3)22(16-8-7-9-17(27)13-16)21(15(2)28-19)26(31)33-18-10-5-4-6-11-18/h7-9,13-14,18,20,22,28H,4-6,10-12H2,1-3H3/t14-,20+,22+/m1/s1. The number of halogens is 1. The molecule has 0 radical (unpaired) electrons. The third-order valence-corrected chi connectivity index (χ3v) is 6.97. The quantitative estimate of drug-likeness (QED) is 0.538. The number of Topliss-reactive ketones (excluding diaryl/α,β-unsaturated/α-hetero) is 1. The fourth-order valence-corrected chi connectivity index (χ4v) is 5.37. The number of rotatable bonds is 4. The highest BCUT2D eigenvalue weighted by Crippen LogP contribution is 2.45. The highest BCUT2D eigenvalue weighted by molar-refractivity contribution is 6.12. The van der Waals surface area contributed by atoms with Gasteiger partial charge in [0.1, 0.15) is 17.8 Å². The highest BCUT2D eigenvalue weighted by Gasteiger charge is 2.47. The molecule has 33 heavy (non-hydrogen) atoms. The Hall–Kier alpha value is -2.96. The van der Waals surface area contributed by atoms with Crippen molar-refractivity contribution in [3.63, 3.8) is 0 Å². The summed E-state index contributed by atoms with van der Waals surface area (Å²) in [7, 11) is 1.26. The summed E-state index contributed by atoms with van der Waals surface area (Å²) in [6.45, 7) is 3.60. The van der Waals surface area contributed by atoms with Gasteiger partial charge in [0, 0.05) is 22.9 Å². The molecule has 0 saturated heterocycles. The lowest BCUT2D eigenvalue weighted by Gasteiger charge is -2.38. The molecule has 0 aromatic heterocycles. The first-order valence-corrected chi connectivity index (χ1v) is 11.6. The van der Waals surface area contributed by atoms with Crippen molar-refractivity contribution in [1.82, 2.24) is 5.32 Å². The number of allylic oxidation sites excluding steroid dienone is 3. The van der Waals surface area contributed by atoms with Crippen molar-refractivity contribution in [2.45, 2.75) is 64.4 Å². The van der Waals surface area contributed by atoms with E-state index in [1.165, 1.54) is 19.2 Å². The van der Waals surface area contributed by atoms with Gasteiger partial charge >= 0.3 is 11.9 Å². The van der Waals surface area contributed by atoms with Gasteiger partial charge in [0.15, 0.2) is 5.78 Å². The van der Waals surface area contributed by atoms with E-state index in [0.29, 0.717) is 29.0 Å². The van der Waals surface area contributed by atoms with Crippen molar-refractivity contribution >= 4 is 17.7 Å². The molecule has 6 nitrogen and oxygen atoms in total. The number of benzene rings is 1. The van der Waals surface area contributed by atoms with Crippen LogP contribution in [0.3, 0.4) is 0 Å². The summed E-state index contributed by atoms with van der Waals surface area (Å²) in [6, 6.07) is 5.90. The Labute approximate surface area is 193 Å². The summed E-state index contributed by atoms with van der Waals surface area (Å²) >= 11 is 0. The van der Waals surface area contributed by atoms with E-state index < -0.39 is 35.4 Å². The topological polar surface area (TPSA) is 81.7 Å². The second-order valence-electron chi connectivity index (χ2n) is 9.26. The molecule has 0 spiro atoms. The van der Waals surface area contributed by atoms with Gasteiger partial charge in [0.05, 0.1) is 12.7 Å². The molecule has 3 aliphatic rings. The maximum Gasteiger partial charge on any atom is 0.337 e. The van der Waals surface area contributed by atoms with E-state index in [2.05, 4.69) is 5.32 Å². The van der Waals surface area contributed by atoms with Crippen LogP contribution in [0.4, 0.5) is 4.39 Å². The van der Waals surface area contributed by atoms with E-state index in [0.717, 1.165) is 32.1 Å². The number of carbonyl (C=O) groups is 3. The van der Waals surface area contributed by atoms with Crippen LogP contribution in [0.2, 0.25) is 0 Å². The van der Waals surface area contributed by atoms with Crippen molar-refractivity contribution < 1.29 is 28.2 Å². The van der Waals surface area contributed by atoms with Crippen LogP contribution in [-0.2, 0) is 23.9 Å². The van der Waals surface area contributed by atoms with Gasteiger partial charge in [-0.3, -0.25) is 9.59 Å². The minimum Gasteiger partial charge on any atom is -0.468 e. The smallest absolute Gasteiger partial charge is 0.337 e. The maximum absolute atomic E-state index is 14.2. The fraction of sp³-hybridized carbons (Fsp3) is 0.500. The Kier molecular flexibility index (Phi) is 6.68. The summed E-state index contributed by atoms with van der Waals surface area (Å²) in [5, 5.41) is 3.23. The van der Waals surface area contributed by atoms with Crippen LogP contribution >= 0.6 is 0 Å².